The van der Waals surface area contributed by atoms with E-state index in [1.165, 1.54) is 6.20 Å². The van der Waals surface area contributed by atoms with Gasteiger partial charge >= 0.3 is 0 Å². The van der Waals surface area contributed by atoms with Crippen molar-refractivity contribution in [2.45, 2.75) is 33.2 Å². The van der Waals surface area contributed by atoms with Gasteiger partial charge in [-0.15, -0.1) is 0 Å². The molecule has 0 aliphatic carbocycles. The number of carbonyl (C=O) groups is 2. The molecule has 3 aromatic heterocycles. The lowest BCUT2D eigenvalue weighted by Gasteiger charge is -2.18. The molecule has 0 bridgehead atoms. The van der Waals surface area contributed by atoms with Crippen LogP contribution in [0.25, 0.3) is 16.7 Å². The summed E-state index contributed by atoms with van der Waals surface area (Å²) in [4.78, 5) is 34.9. The molecule has 0 saturated heterocycles. The maximum atomic E-state index is 13.1. The highest BCUT2D eigenvalue weighted by molar-refractivity contribution is 6.01. The van der Waals surface area contributed by atoms with E-state index in [4.69, 9.17) is 0 Å². The van der Waals surface area contributed by atoms with E-state index in [2.05, 4.69) is 36.7 Å². The zero-order chi connectivity index (χ0) is 27.7. The number of aliphatic hydroxyl groups excluding tert-OH is 1. The monoisotopic (exact) mass is 530 g/mol. The van der Waals surface area contributed by atoms with Crippen LogP contribution in [0.15, 0.2) is 54.5 Å². The van der Waals surface area contributed by atoms with Crippen LogP contribution in [0.4, 0.5) is 5.69 Å². The Balaban J connectivity index is 1.26. The molecule has 0 spiro atoms. The average Bonchev–Trinajstić information content (AvgIpc) is 3.64. The Labute approximate surface area is 226 Å². The minimum Gasteiger partial charge on any atom is -0.394 e. The van der Waals surface area contributed by atoms with Gasteiger partial charge in [0.05, 0.1) is 41.1 Å². The zero-order valence-electron chi connectivity index (χ0n) is 22.6. The SMILES string of the molecule is Cc1nc2ccc(N3C=C(CNC(=O)c4cccn5c(C(=O)N[C@H](CO)CC(C)C)cnc45)CN3)cc2n1C. The summed E-state index contributed by atoms with van der Waals surface area (Å²) in [6.07, 6.45) is 5.80. The van der Waals surface area contributed by atoms with Crippen LogP contribution in [-0.4, -0.2) is 61.6 Å². The molecular weight excluding hydrogens is 496 g/mol. The number of amides is 2. The number of pyridine rings is 1. The number of aryl methyl sites for hydroxylation is 2. The van der Waals surface area contributed by atoms with Gasteiger partial charge in [-0.1, -0.05) is 13.8 Å². The molecule has 0 saturated carbocycles. The number of aromatic nitrogens is 4. The van der Waals surface area contributed by atoms with Gasteiger partial charge in [0.2, 0.25) is 0 Å². The molecular formula is C28H34N8O3. The molecule has 204 valence electrons. The number of nitrogens with zero attached hydrogens (tertiary/aromatic N) is 5. The maximum Gasteiger partial charge on any atom is 0.270 e. The highest BCUT2D eigenvalue weighted by Crippen LogP contribution is 2.24. The summed E-state index contributed by atoms with van der Waals surface area (Å²) < 4.78 is 3.66. The summed E-state index contributed by atoms with van der Waals surface area (Å²) in [5.74, 6) is 0.654. The molecule has 0 fully saturated rings. The van der Waals surface area contributed by atoms with Crippen LogP contribution in [0.3, 0.4) is 0 Å². The summed E-state index contributed by atoms with van der Waals surface area (Å²) in [5, 5.41) is 17.4. The van der Waals surface area contributed by atoms with Gasteiger partial charge in [-0.25, -0.2) is 15.4 Å². The minimum atomic E-state index is -0.349. The van der Waals surface area contributed by atoms with Crippen LogP contribution in [-0.2, 0) is 7.05 Å². The van der Waals surface area contributed by atoms with E-state index in [-0.39, 0.29) is 24.5 Å². The van der Waals surface area contributed by atoms with Crippen molar-refractivity contribution in [2.75, 3.05) is 24.7 Å². The predicted octanol–water partition coefficient (Wildman–Crippen LogP) is 2.30. The van der Waals surface area contributed by atoms with Gasteiger partial charge in [0, 0.05) is 32.5 Å². The number of hydrogen-bond donors (Lipinski definition) is 4. The number of hydrazine groups is 1. The summed E-state index contributed by atoms with van der Waals surface area (Å²) in [6, 6.07) is 9.15. The van der Waals surface area contributed by atoms with Crippen molar-refractivity contribution < 1.29 is 14.7 Å². The van der Waals surface area contributed by atoms with Crippen LogP contribution < -0.4 is 21.1 Å². The molecule has 1 atom stereocenters. The van der Waals surface area contributed by atoms with Crippen molar-refractivity contribution in [1.82, 2.24) is 35.0 Å². The van der Waals surface area contributed by atoms with Crippen molar-refractivity contribution in [3.8, 4) is 0 Å². The molecule has 4 N–H and O–H groups in total. The quantitative estimate of drug-likeness (QED) is 0.261. The molecule has 11 heteroatoms. The normalized spacial score (nSPS) is 14.3. The van der Waals surface area contributed by atoms with Crippen LogP contribution in [0.1, 0.15) is 46.9 Å². The third kappa shape index (κ3) is 5.36. The number of anilines is 1. The third-order valence-electron chi connectivity index (χ3n) is 6.95. The highest BCUT2D eigenvalue weighted by atomic mass is 16.3. The second-order valence-electron chi connectivity index (χ2n) is 10.3. The van der Waals surface area contributed by atoms with Gasteiger partial charge in [0.15, 0.2) is 0 Å². The fraction of sp³-hybridized carbons (Fsp3) is 0.357. The Morgan fingerprint density at radius 3 is 2.79 bits per heavy atom. The van der Waals surface area contributed by atoms with Gasteiger partial charge in [0.25, 0.3) is 11.8 Å². The van der Waals surface area contributed by atoms with Gasteiger partial charge in [-0.3, -0.25) is 19.0 Å². The van der Waals surface area contributed by atoms with Gasteiger partial charge in [-0.05, 0) is 55.2 Å². The van der Waals surface area contributed by atoms with E-state index in [0.29, 0.717) is 42.3 Å². The first-order valence-corrected chi connectivity index (χ1v) is 13.1. The van der Waals surface area contributed by atoms with E-state index in [1.54, 1.807) is 22.7 Å². The fourth-order valence-corrected chi connectivity index (χ4v) is 4.84. The van der Waals surface area contributed by atoms with E-state index >= 15 is 0 Å². The topological polar surface area (TPSA) is 129 Å². The molecule has 5 rings (SSSR count). The summed E-state index contributed by atoms with van der Waals surface area (Å²) in [5.41, 5.74) is 8.41. The second-order valence-corrected chi connectivity index (χ2v) is 10.3. The number of aliphatic hydroxyl groups is 1. The highest BCUT2D eigenvalue weighted by Gasteiger charge is 2.21. The van der Waals surface area contributed by atoms with Crippen LogP contribution in [0.2, 0.25) is 0 Å². The lowest BCUT2D eigenvalue weighted by Crippen LogP contribution is -2.38. The Hall–Kier alpha value is -4.22. The number of imidazole rings is 2. The van der Waals surface area contributed by atoms with E-state index in [0.717, 1.165) is 28.1 Å². The van der Waals surface area contributed by atoms with E-state index in [9.17, 15) is 14.7 Å². The standard InChI is InChI=1S/C28H34N8O3/c1-17(2)10-20(16-37)33-28(39)25-14-29-26-22(6-5-9-35(25)26)27(38)30-12-19-13-31-36(15-19)21-7-8-23-24(11-21)34(4)18(3)32-23/h5-9,11,14-15,17,20,31,37H,10,12-13,16H2,1-4H3,(H,30,38)(H,33,39)/t20-/m0/s1. The first kappa shape index (κ1) is 26.4. The summed E-state index contributed by atoms with van der Waals surface area (Å²) >= 11 is 0. The van der Waals surface area contributed by atoms with Crippen molar-refractivity contribution >= 4 is 34.2 Å². The van der Waals surface area contributed by atoms with Crippen LogP contribution >= 0.6 is 0 Å². The Morgan fingerprint density at radius 2 is 2.03 bits per heavy atom. The number of hydrogen-bond acceptors (Lipinski definition) is 7. The van der Waals surface area contributed by atoms with Crippen LogP contribution in [0, 0.1) is 12.8 Å². The first-order valence-electron chi connectivity index (χ1n) is 13.1. The number of rotatable bonds is 9. The van der Waals surface area contributed by atoms with E-state index in [1.807, 2.05) is 51.2 Å². The molecule has 1 aliphatic heterocycles. The van der Waals surface area contributed by atoms with Crippen molar-refractivity contribution in [2.24, 2.45) is 13.0 Å². The van der Waals surface area contributed by atoms with Gasteiger partial charge in [0.1, 0.15) is 17.2 Å². The average molecular weight is 531 g/mol. The molecule has 1 aliphatic rings. The summed E-state index contributed by atoms with van der Waals surface area (Å²) in [7, 11) is 2.00. The maximum absolute atomic E-state index is 13.1. The molecule has 0 unspecified atom stereocenters. The Morgan fingerprint density at radius 1 is 1.21 bits per heavy atom. The lowest BCUT2D eigenvalue weighted by molar-refractivity contribution is 0.0900. The largest absolute Gasteiger partial charge is 0.394 e. The van der Waals surface area contributed by atoms with Gasteiger partial charge in [-0.2, -0.15) is 0 Å². The molecule has 2 amide bonds. The second kappa shape index (κ2) is 10.9. The number of benzene rings is 1. The third-order valence-corrected chi connectivity index (χ3v) is 6.95. The van der Waals surface area contributed by atoms with Crippen molar-refractivity contribution in [3.63, 3.8) is 0 Å². The molecule has 39 heavy (non-hydrogen) atoms. The van der Waals surface area contributed by atoms with Crippen molar-refractivity contribution in [3.05, 3.63) is 71.6 Å². The molecule has 11 nitrogen and oxygen atoms in total. The zero-order valence-corrected chi connectivity index (χ0v) is 22.6. The first-order chi connectivity index (χ1) is 18.7. The minimum absolute atomic E-state index is 0.145. The molecule has 0 radical (unpaired) electrons. The Kier molecular flexibility index (Phi) is 7.36. The molecule has 1 aromatic carbocycles. The number of nitrogens with one attached hydrogen (secondary N) is 3. The lowest BCUT2D eigenvalue weighted by atomic mass is 10.0. The fourth-order valence-electron chi connectivity index (χ4n) is 4.84. The number of fused-ring (bicyclic) bond motifs is 2. The predicted molar refractivity (Wildman–Crippen MR) is 149 cm³/mol. The number of carbonyl (C=O) groups excluding carboxylic acids is 2. The molecule has 4 heterocycles. The molecule has 4 aromatic rings. The van der Waals surface area contributed by atoms with Crippen molar-refractivity contribution in [1.29, 1.82) is 0 Å². The van der Waals surface area contributed by atoms with Gasteiger partial charge < -0.3 is 20.3 Å². The van der Waals surface area contributed by atoms with E-state index < -0.39 is 0 Å². The smallest absolute Gasteiger partial charge is 0.270 e. The summed E-state index contributed by atoms with van der Waals surface area (Å²) in [6.45, 7) is 6.86. The Bertz CT molecular complexity index is 1570. The van der Waals surface area contributed by atoms with Crippen LogP contribution in [0.5, 0.6) is 0 Å².